The smallest absolute Gasteiger partial charge is 0.142 e. The van der Waals surface area contributed by atoms with Gasteiger partial charge in [-0.05, 0) is 30.9 Å². The van der Waals surface area contributed by atoms with E-state index in [9.17, 15) is 0 Å². The summed E-state index contributed by atoms with van der Waals surface area (Å²) in [5.74, 6) is 2.05. The van der Waals surface area contributed by atoms with Crippen LogP contribution in [0, 0.1) is 11.8 Å². The zero-order valence-corrected chi connectivity index (χ0v) is 14.0. The van der Waals surface area contributed by atoms with Gasteiger partial charge < -0.3 is 10.1 Å². The molecule has 1 aromatic rings. The number of ether oxygens (including phenoxy) is 1. The number of nitrogens with one attached hydrogen (secondary N) is 1. The van der Waals surface area contributed by atoms with Gasteiger partial charge in [-0.15, -0.1) is 0 Å². The first-order chi connectivity index (χ1) is 9.54. The molecule has 20 heavy (non-hydrogen) atoms. The van der Waals surface area contributed by atoms with Crippen molar-refractivity contribution in [3.63, 3.8) is 0 Å². The highest BCUT2D eigenvalue weighted by Gasteiger charge is 2.10. The summed E-state index contributed by atoms with van der Waals surface area (Å²) >= 11 is 6.28. The van der Waals surface area contributed by atoms with E-state index in [0.29, 0.717) is 16.9 Å². The van der Waals surface area contributed by atoms with E-state index in [1.807, 2.05) is 12.1 Å². The third-order valence-electron chi connectivity index (χ3n) is 3.21. The fourth-order valence-corrected chi connectivity index (χ4v) is 2.40. The first-order valence-electron chi connectivity index (χ1n) is 7.65. The topological polar surface area (TPSA) is 21.3 Å². The van der Waals surface area contributed by atoms with Crippen molar-refractivity contribution >= 4 is 11.6 Å². The molecule has 0 fully saturated rings. The molecule has 114 valence electrons. The number of hydrogen-bond donors (Lipinski definition) is 1. The van der Waals surface area contributed by atoms with Crippen LogP contribution in [0.1, 0.15) is 46.1 Å². The molecular weight excluding hydrogens is 270 g/mol. The number of para-hydroxylation sites is 1. The average molecular weight is 298 g/mol. The minimum atomic E-state index is 0.563. The molecule has 0 heterocycles. The van der Waals surface area contributed by atoms with Gasteiger partial charge in [0.15, 0.2) is 0 Å². The summed E-state index contributed by atoms with van der Waals surface area (Å²) in [5.41, 5.74) is 1.14. The summed E-state index contributed by atoms with van der Waals surface area (Å²) in [4.78, 5) is 0. The number of rotatable bonds is 9. The van der Waals surface area contributed by atoms with Gasteiger partial charge in [-0.2, -0.15) is 0 Å². The molecule has 0 aromatic heterocycles. The molecule has 1 N–H and O–H groups in total. The van der Waals surface area contributed by atoms with Gasteiger partial charge >= 0.3 is 0 Å². The molecule has 0 amide bonds. The molecule has 0 bridgehead atoms. The highest BCUT2D eigenvalue weighted by atomic mass is 35.5. The third kappa shape index (κ3) is 6.15. The van der Waals surface area contributed by atoms with E-state index < -0.39 is 0 Å². The van der Waals surface area contributed by atoms with Crippen LogP contribution in [0.3, 0.4) is 0 Å². The van der Waals surface area contributed by atoms with E-state index in [1.165, 1.54) is 12.8 Å². The van der Waals surface area contributed by atoms with Crippen LogP contribution in [0.15, 0.2) is 18.2 Å². The largest absolute Gasteiger partial charge is 0.491 e. The van der Waals surface area contributed by atoms with E-state index in [2.05, 4.69) is 39.1 Å². The number of halogens is 1. The molecule has 0 radical (unpaired) electrons. The first kappa shape index (κ1) is 17.3. The molecule has 2 nitrogen and oxygen atoms in total. The maximum atomic E-state index is 6.28. The lowest BCUT2D eigenvalue weighted by Gasteiger charge is -2.17. The Kier molecular flexibility index (Phi) is 8.01. The van der Waals surface area contributed by atoms with Gasteiger partial charge in [-0.1, -0.05) is 57.8 Å². The Morgan fingerprint density at radius 3 is 2.65 bits per heavy atom. The first-order valence-corrected chi connectivity index (χ1v) is 8.03. The molecule has 1 rings (SSSR count). The average Bonchev–Trinajstić information content (AvgIpc) is 2.38. The summed E-state index contributed by atoms with van der Waals surface area (Å²) in [6, 6.07) is 5.96. The van der Waals surface area contributed by atoms with Crippen LogP contribution >= 0.6 is 11.6 Å². The normalized spacial score (nSPS) is 12.7. The Bertz CT molecular complexity index is 393. The van der Waals surface area contributed by atoms with Crippen LogP contribution < -0.4 is 10.1 Å². The van der Waals surface area contributed by atoms with Crippen molar-refractivity contribution in [3.8, 4) is 5.75 Å². The molecular formula is C17H28ClNO. The standard InChI is InChI=1S/C17H28ClNO/c1-5-7-14(4)12-20-17-15(8-6-9-16(17)18)11-19-10-13(2)3/h6,8-9,13-14,19H,5,7,10-12H2,1-4H3. The predicted molar refractivity (Wildman–Crippen MR) is 87.6 cm³/mol. The fraction of sp³-hybridized carbons (Fsp3) is 0.647. The Labute approximate surface area is 128 Å². The van der Waals surface area contributed by atoms with E-state index >= 15 is 0 Å². The minimum absolute atomic E-state index is 0.563. The van der Waals surface area contributed by atoms with Crippen LogP contribution in [-0.4, -0.2) is 13.2 Å². The van der Waals surface area contributed by atoms with Gasteiger partial charge in [0.2, 0.25) is 0 Å². The summed E-state index contributed by atoms with van der Waals surface area (Å²) in [6.45, 7) is 11.4. The summed E-state index contributed by atoms with van der Waals surface area (Å²) in [6.07, 6.45) is 2.38. The van der Waals surface area contributed by atoms with Crippen molar-refractivity contribution in [3.05, 3.63) is 28.8 Å². The van der Waals surface area contributed by atoms with Crippen LogP contribution in [0.4, 0.5) is 0 Å². The fourth-order valence-electron chi connectivity index (χ4n) is 2.15. The SMILES string of the molecule is CCCC(C)COc1c(Cl)cccc1CNCC(C)C. The maximum absolute atomic E-state index is 6.28. The van der Waals surface area contributed by atoms with Gasteiger partial charge in [0.25, 0.3) is 0 Å². The predicted octanol–water partition coefficient (Wildman–Crippen LogP) is 4.90. The molecule has 3 heteroatoms. The van der Waals surface area contributed by atoms with Crippen molar-refractivity contribution in [2.45, 2.75) is 47.1 Å². The number of hydrogen-bond acceptors (Lipinski definition) is 2. The molecule has 0 saturated carbocycles. The third-order valence-corrected chi connectivity index (χ3v) is 3.51. The molecule has 1 aromatic carbocycles. The lowest BCUT2D eigenvalue weighted by molar-refractivity contribution is 0.249. The van der Waals surface area contributed by atoms with Crippen LogP contribution in [-0.2, 0) is 6.54 Å². The van der Waals surface area contributed by atoms with Crippen LogP contribution in [0.5, 0.6) is 5.75 Å². The highest BCUT2D eigenvalue weighted by Crippen LogP contribution is 2.29. The molecule has 0 aliphatic carbocycles. The zero-order chi connectivity index (χ0) is 15.0. The van der Waals surface area contributed by atoms with Gasteiger partial charge in [0.05, 0.1) is 11.6 Å². The molecule has 0 spiro atoms. The highest BCUT2D eigenvalue weighted by molar-refractivity contribution is 6.32. The molecule has 0 aliphatic rings. The van der Waals surface area contributed by atoms with Crippen molar-refractivity contribution in [1.82, 2.24) is 5.32 Å². The summed E-state index contributed by atoms with van der Waals surface area (Å²) in [7, 11) is 0. The Morgan fingerprint density at radius 2 is 2.00 bits per heavy atom. The van der Waals surface area contributed by atoms with Gasteiger partial charge in [0.1, 0.15) is 5.75 Å². The van der Waals surface area contributed by atoms with E-state index in [0.717, 1.165) is 31.0 Å². The van der Waals surface area contributed by atoms with Crippen molar-refractivity contribution in [2.75, 3.05) is 13.2 Å². The van der Waals surface area contributed by atoms with E-state index in [-0.39, 0.29) is 0 Å². The van der Waals surface area contributed by atoms with Gasteiger partial charge in [-0.3, -0.25) is 0 Å². The monoisotopic (exact) mass is 297 g/mol. The quantitative estimate of drug-likeness (QED) is 0.700. The molecule has 1 atom stereocenters. The van der Waals surface area contributed by atoms with E-state index in [1.54, 1.807) is 0 Å². The molecule has 0 saturated heterocycles. The van der Waals surface area contributed by atoms with Gasteiger partial charge in [0, 0.05) is 12.1 Å². The Hall–Kier alpha value is -0.730. The Morgan fingerprint density at radius 1 is 1.25 bits per heavy atom. The van der Waals surface area contributed by atoms with Crippen molar-refractivity contribution < 1.29 is 4.74 Å². The van der Waals surface area contributed by atoms with Gasteiger partial charge in [-0.25, -0.2) is 0 Å². The van der Waals surface area contributed by atoms with E-state index in [4.69, 9.17) is 16.3 Å². The summed E-state index contributed by atoms with van der Waals surface area (Å²) < 4.78 is 5.97. The Balaban J connectivity index is 2.63. The van der Waals surface area contributed by atoms with Crippen molar-refractivity contribution in [1.29, 1.82) is 0 Å². The summed E-state index contributed by atoms with van der Waals surface area (Å²) in [5, 5.41) is 4.15. The van der Waals surface area contributed by atoms with Crippen LogP contribution in [0.25, 0.3) is 0 Å². The molecule has 1 unspecified atom stereocenters. The second kappa shape index (κ2) is 9.25. The van der Waals surface area contributed by atoms with Crippen molar-refractivity contribution in [2.24, 2.45) is 11.8 Å². The molecule has 0 aliphatic heterocycles. The van der Waals surface area contributed by atoms with Crippen LogP contribution in [0.2, 0.25) is 5.02 Å². The maximum Gasteiger partial charge on any atom is 0.142 e. The lowest BCUT2D eigenvalue weighted by Crippen LogP contribution is -2.20. The lowest BCUT2D eigenvalue weighted by atomic mass is 10.1. The second-order valence-corrected chi connectivity index (χ2v) is 6.36. The minimum Gasteiger partial charge on any atom is -0.491 e. The zero-order valence-electron chi connectivity index (χ0n) is 13.2. The second-order valence-electron chi connectivity index (χ2n) is 5.96. The number of benzene rings is 1.